The average molecular weight is 291 g/mol. The minimum atomic E-state index is 0.339. The van der Waals surface area contributed by atoms with Crippen molar-refractivity contribution in [2.45, 2.75) is 52.6 Å². The highest BCUT2D eigenvalue weighted by Crippen LogP contribution is 2.24. The topological polar surface area (TPSA) is 29.9 Å². The lowest BCUT2D eigenvalue weighted by molar-refractivity contribution is 0.514. The predicted molar refractivity (Wildman–Crippen MR) is 86.5 cm³/mol. The number of hydrogen-bond donors (Lipinski definition) is 1. The standard InChI is InChI=1S/C16H25N3S/c1-5-12-10-16(19(7-3)18-12)15(17-4)11-14-9-8-13(6-2)20-14/h8-10,15,17H,5-7,11H2,1-4H3. The van der Waals surface area contributed by atoms with Gasteiger partial charge in [-0.1, -0.05) is 13.8 Å². The summed E-state index contributed by atoms with van der Waals surface area (Å²) in [6.07, 6.45) is 3.16. The van der Waals surface area contributed by atoms with Crippen molar-refractivity contribution in [3.8, 4) is 0 Å². The maximum atomic E-state index is 4.66. The van der Waals surface area contributed by atoms with Crippen molar-refractivity contribution in [1.29, 1.82) is 0 Å². The van der Waals surface area contributed by atoms with E-state index >= 15 is 0 Å². The summed E-state index contributed by atoms with van der Waals surface area (Å²) in [5.74, 6) is 0. The molecular formula is C16H25N3S. The third kappa shape index (κ3) is 3.30. The van der Waals surface area contributed by atoms with Crippen LogP contribution in [0.4, 0.5) is 0 Å². The summed E-state index contributed by atoms with van der Waals surface area (Å²) in [5.41, 5.74) is 2.49. The van der Waals surface area contributed by atoms with Crippen LogP contribution in [0.1, 0.15) is 48.0 Å². The third-order valence-electron chi connectivity index (χ3n) is 3.70. The van der Waals surface area contributed by atoms with Gasteiger partial charge in [-0.05, 0) is 45.0 Å². The molecule has 1 atom stereocenters. The average Bonchev–Trinajstić information content (AvgIpc) is 3.10. The van der Waals surface area contributed by atoms with Crippen LogP contribution in [-0.4, -0.2) is 16.8 Å². The molecule has 2 heterocycles. The molecule has 110 valence electrons. The van der Waals surface area contributed by atoms with Gasteiger partial charge in [0.2, 0.25) is 0 Å². The highest BCUT2D eigenvalue weighted by Gasteiger charge is 2.17. The Labute approximate surface area is 126 Å². The zero-order valence-electron chi connectivity index (χ0n) is 12.9. The molecule has 20 heavy (non-hydrogen) atoms. The molecule has 2 rings (SSSR count). The van der Waals surface area contributed by atoms with Gasteiger partial charge in [0.1, 0.15) is 0 Å². The van der Waals surface area contributed by atoms with Crippen molar-refractivity contribution in [3.63, 3.8) is 0 Å². The Morgan fingerprint density at radius 3 is 2.50 bits per heavy atom. The first kappa shape index (κ1) is 15.3. The predicted octanol–water partition coefficient (Wildman–Crippen LogP) is 3.59. The van der Waals surface area contributed by atoms with Gasteiger partial charge in [-0.25, -0.2) is 0 Å². The summed E-state index contributed by atoms with van der Waals surface area (Å²) in [6, 6.07) is 7.10. The monoisotopic (exact) mass is 291 g/mol. The van der Waals surface area contributed by atoms with Gasteiger partial charge in [0.15, 0.2) is 0 Å². The van der Waals surface area contributed by atoms with Crippen LogP contribution in [0.3, 0.4) is 0 Å². The molecule has 0 saturated heterocycles. The lowest BCUT2D eigenvalue weighted by atomic mass is 10.1. The van der Waals surface area contributed by atoms with Gasteiger partial charge in [0, 0.05) is 22.7 Å². The molecule has 4 heteroatoms. The van der Waals surface area contributed by atoms with Crippen molar-refractivity contribution in [3.05, 3.63) is 39.3 Å². The second kappa shape index (κ2) is 7.04. The van der Waals surface area contributed by atoms with Gasteiger partial charge in [-0.3, -0.25) is 4.68 Å². The molecule has 2 aromatic rings. The Morgan fingerprint density at radius 2 is 1.95 bits per heavy atom. The lowest BCUT2D eigenvalue weighted by Crippen LogP contribution is -2.22. The maximum Gasteiger partial charge on any atom is 0.0625 e. The van der Waals surface area contributed by atoms with E-state index in [2.05, 4.69) is 54.1 Å². The smallest absolute Gasteiger partial charge is 0.0625 e. The maximum absolute atomic E-state index is 4.66. The van der Waals surface area contributed by atoms with Crippen LogP contribution in [0.25, 0.3) is 0 Å². The number of aromatic nitrogens is 2. The quantitative estimate of drug-likeness (QED) is 0.845. The highest BCUT2D eigenvalue weighted by atomic mass is 32.1. The highest BCUT2D eigenvalue weighted by molar-refractivity contribution is 7.11. The summed E-state index contributed by atoms with van der Waals surface area (Å²) in [6.45, 7) is 7.46. The second-order valence-electron chi connectivity index (χ2n) is 5.00. The van der Waals surface area contributed by atoms with E-state index in [1.807, 2.05) is 18.4 Å². The molecule has 0 bridgehead atoms. The van der Waals surface area contributed by atoms with E-state index in [4.69, 9.17) is 0 Å². The van der Waals surface area contributed by atoms with Crippen molar-refractivity contribution in [2.75, 3.05) is 7.05 Å². The van der Waals surface area contributed by atoms with Crippen LogP contribution in [0.5, 0.6) is 0 Å². The molecule has 0 aliphatic heterocycles. The molecule has 0 amide bonds. The van der Waals surface area contributed by atoms with Crippen LogP contribution < -0.4 is 5.32 Å². The van der Waals surface area contributed by atoms with E-state index in [0.29, 0.717) is 6.04 Å². The van der Waals surface area contributed by atoms with Gasteiger partial charge < -0.3 is 5.32 Å². The van der Waals surface area contributed by atoms with Crippen LogP contribution in [-0.2, 0) is 25.8 Å². The zero-order valence-corrected chi connectivity index (χ0v) is 13.8. The first-order valence-electron chi connectivity index (χ1n) is 7.53. The molecule has 0 aliphatic rings. The molecule has 0 spiro atoms. The number of nitrogens with zero attached hydrogens (tertiary/aromatic N) is 2. The van der Waals surface area contributed by atoms with E-state index in [-0.39, 0.29) is 0 Å². The Morgan fingerprint density at radius 1 is 1.20 bits per heavy atom. The fourth-order valence-corrected chi connectivity index (χ4v) is 3.47. The molecule has 0 aliphatic carbocycles. The van der Waals surface area contributed by atoms with Crippen molar-refractivity contribution in [2.24, 2.45) is 0 Å². The minimum absolute atomic E-state index is 0.339. The van der Waals surface area contributed by atoms with E-state index in [9.17, 15) is 0 Å². The number of nitrogens with one attached hydrogen (secondary N) is 1. The summed E-state index contributed by atoms with van der Waals surface area (Å²) >= 11 is 1.93. The number of thiophene rings is 1. The summed E-state index contributed by atoms with van der Waals surface area (Å²) in [7, 11) is 2.04. The van der Waals surface area contributed by atoms with Gasteiger partial charge in [0.05, 0.1) is 17.4 Å². The Balaban J connectivity index is 2.20. The van der Waals surface area contributed by atoms with Crippen LogP contribution in [0.2, 0.25) is 0 Å². The fourth-order valence-electron chi connectivity index (χ4n) is 2.47. The molecule has 3 nitrogen and oxygen atoms in total. The van der Waals surface area contributed by atoms with Crippen LogP contribution in [0.15, 0.2) is 18.2 Å². The Bertz CT molecular complexity index is 542. The largest absolute Gasteiger partial charge is 0.311 e. The normalized spacial score (nSPS) is 12.8. The first-order chi connectivity index (χ1) is 9.71. The molecule has 0 fully saturated rings. The molecule has 0 radical (unpaired) electrons. The van der Waals surface area contributed by atoms with E-state index in [1.165, 1.54) is 21.1 Å². The second-order valence-corrected chi connectivity index (χ2v) is 6.25. The molecule has 0 aromatic carbocycles. The van der Waals surface area contributed by atoms with Gasteiger partial charge in [-0.2, -0.15) is 5.10 Å². The zero-order chi connectivity index (χ0) is 14.5. The number of likely N-dealkylation sites (N-methyl/N-ethyl adjacent to an activating group) is 1. The summed E-state index contributed by atoms with van der Waals surface area (Å²) < 4.78 is 2.13. The SMILES string of the molecule is CCc1cc(C(Cc2ccc(CC)s2)NC)n(CC)n1. The fraction of sp³-hybridized carbons (Fsp3) is 0.562. The van der Waals surface area contributed by atoms with Crippen molar-refractivity contribution in [1.82, 2.24) is 15.1 Å². The van der Waals surface area contributed by atoms with Crippen molar-refractivity contribution >= 4 is 11.3 Å². The number of hydrogen-bond acceptors (Lipinski definition) is 3. The van der Waals surface area contributed by atoms with Gasteiger partial charge >= 0.3 is 0 Å². The number of aryl methyl sites for hydroxylation is 3. The van der Waals surface area contributed by atoms with E-state index in [1.54, 1.807) is 0 Å². The molecule has 2 aromatic heterocycles. The third-order valence-corrected chi connectivity index (χ3v) is 4.95. The van der Waals surface area contributed by atoms with E-state index < -0.39 is 0 Å². The van der Waals surface area contributed by atoms with Crippen LogP contribution in [0, 0.1) is 0 Å². The Kier molecular flexibility index (Phi) is 5.38. The molecular weight excluding hydrogens is 266 g/mol. The van der Waals surface area contributed by atoms with E-state index in [0.717, 1.165) is 25.8 Å². The Hall–Kier alpha value is -1.13. The lowest BCUT2D eigenvalue weighted by Gasteiger charge is -2.16. The minimum Gasteiger partial charge on any atom is -0.311 e. The number of rotatable bonds is 7. The molecule has 0 saturated carbocycles. The van der Waals surface area contributed by atoms with Gasteiger partial charge in [-0.15, -0.1) is 11.3 Å². The molecule has 1 unspecified atom stereocenters. The first-order valence-corrected chi connectivity index (χ1v) is 8.34. The van der Waals surface area contributed by atoms with Crippen molar-refractivity contribution < 1.29 is 0 Å². The van der Waals surface area contributed by atoms with Gasteiger partial charge in [0.25, 0.3) is 0 Å². The summed E-state index contributed by atoms with van der Waals surface area (Å²) in [4.78, 5) is 2.91. The molecule has 1 N–H and O–H groups in total. The van der Waals surface area contributed by atoms with Crippen LogP contribution >= 0.6 is 11.3 Å². The summed E-state index contributed by atoms with van der Waals surface area (Å²) in [5, 5.41) is 8.11.